The van der Waals surface area contributed by atoms with Crippen LogP contribution in [0.3, 0.4) is 0 Å². The molecule has 0 atom stereocenters. The van der Waals surface area contributed by atoms with Crippen molar-refractivity contribution in [3.8, 4) is 0 Å². The summed E-state index contributed by atoms with van der Waals surface area (Å²) in [5.74, 6) is -14.7. The Morgan fingerprint density at radius 3 is 1.88 bits per heavy atom. The van der Waals surface area contributed by atoms with E-state index in [4.69, 9.17) is 0 Å². The van der Waals surface area contributed by atoms with Gasteiger partial charge in [-0.05, 0) is 18.1 Å². The lowest BCUT2D eigenvalue weighted by Crippen LogP contribution is -2.63. The van der Waals surface area contributed by atoms with E-state index in [1.165, 1.54) is 31.2 Å². The van der Waals surface area contributed by atoms with Gasteiger partial charge in [-0.25, -0.2) is 0 Å². The predicted molar refractivity (Wildman–Crippen MR) is 69.7 cm³/mol. The molecule has 0 saturated heterocycles. The molecule has 1 aromatic carbocycles. The lowest BCUT2D eigenvalue weighted by atomic mass is 10.1. The third-order valence-electron chi connectivity index (χ3n) is 2.95. The molecule has 4 nitrogen and oxygen atoms in total. The zero-order chi connectivity index (χ0) is 20.6. The Morgan fingerprint density at radius 1 is 0.923 bits per heavy atom. The molecule has 0 aliphatic rings. The average molecular weight is 417 g/mol. The number of hydrogen-bond donors (Lipinski definition) is 0. The summed E-state index contributed by atoms with van der Waals surface area (Å²) in [6.45, 7) is 1.45. The second-order valence-electron chi connectivity index (χ2n) is 4.78. The van der Waals surface area contributed by atoms with E-state index in [0.29, 0.717) is 11.8 Å². The highest BCUT2D eigenvalue weighted by Gasteiger charge is 2.86. The van der Waals surface area contributed by atoms with Gasteiger partial charge in [0.2, 0.25) is 0 Å². The maximum atomic E-state index is 13.3. The Labute approximate surface area is 140 Å². The van der Waals surface area contributed by atoms with E-state index in [2.05, 4.69) is 9.44 Å². The van der Waals surface area contributed by atoms with Crippen molar-refractivity contribution in [2.24, 2.45) is 5.16 Å². The van der Waals surface area contributed by atoms with Crippen LogP contribution in [0.5, 0.6) is 0 Å². The summed E-state index contributed by atoms with van der Waals surface area (Å²) in [7, 11) is -7.01. The summed E-state index contributed by atoms with van der Waals surface area (Å²) < 4.78 is 139. The first-order valence-corrected chi connectivity index (χ1v) is 7.62. The molecular formula is C12H8F9NO3S. The minimum Gasteiger partial charge on any atom is -0.264 e. The molecule has 0 saturated carbocycles. The standard InChI is InChI=1S/C12H8F9NO3S/c1-7-4-2-3-5-8(7)6-22-25-26(23,24)12(20,21)10(15,16)9(13,14)11(17,18)19/h2-6H,1H3. The van der Waals surface area contributed by atoms with Gasteiger partial charge in [0.25, 0.3) is 0 Å². The van der Waals surface area contributed by atoms with Crippen LogP contribution in [0, 0.1) is 6.92 Å². The van der Waals surface area contributed by atoms with Gasteiger partial charge < -0.3 is 0 Å². The number of hydrogen-bond acceptors (Lipinski definition) is 4. The van der Waals surface area contributed by atoms with E-state index >= 15 is 0 Å². The Kier molecular flexibility index (Phi) is 5.62. The van der Waals surface area contributed by atoms with Crippen molar-refractivity contribution >= 4 is 16.3 Å². The largest absolute Gasteiger partial charge is 0.460 e. The zero-order valence-corrected chi connectivity index (χ0v) is 13.2. The maximum Gasteiger partial charge on any atom is 0.460 e. The molecule has 0 N–H and O–H groups in total. The molecule has 148 valence electrons. The highest BCUT2D eigenvalue weighted by atomic mass is 32.2. The highest BCUT2D eigenvalue weighted by molar-refractivity contribution is 7.87. The van der Waals surface area contributed by atoms with Crippen molar-refractivity contribution in [3.63, 3.8) is 0 Å². The lowest BCUT2D eigenvalue weighted by Gasteiger charge is -2.31. The average Bonchev–Trinajstić information content (AvgIpc) is 2.47. The second-order valence-corrected chi connectivity index (χ2v) is 6.35. The van der Waals surface area contributed by atoms with Gasteiger partial charge in [0, 0.05) is 0 Å². The monoisotopic (exact) mass is 417 g/mol. The number of aryl methyl sites for hydroxylation is 1. The van der Waals surface area contributed by atoms with Crippen molar-refractivity contribution in [3.05, 3.63) is 35.4 Å². The first-order chi connectivity index (χ1) is 11.5. The first kappa shape index (κ1) is 22.1. The lowest BCUT2D eigenvalue weighted by molar-refractivity contribution is -0.382. The van der Waals surface area contributed by atoms with E-state index in [-0.39, 0.29) is 5.56 Å². The Bertz CT molecular complexity index is 787. The Hall–Kier alpha value is -1.99. The molecule has 26 heavy (non-hydrogen) atoms. The van der Waals surface area contributed by atoms with Gasteiger partial charge in [-0.3, -0.25) is 4.28 Å². The minimum absolute atomic E-state index is 0.0680. The third kappa shape index (κ3) is 3.59. The number of oxime groups is 1. The summed E-state index contributed by atoms with van der Waals surface area (Å²) >= 11 is 0. The molecule has 0 fully saturated rings. The van der Waals surface area contributed by atoms with Crippen LogP contribution < -0.4 is 0 Å². The van der Waals surface area contributed by atoms with Crippen LogP contribution in [0.25, 0.3) is 0 Å². The van der Waals surface area contributed by atoms with Crippen LogP contribution in [0.4, 0.5) is 39.5 Å². The molecule has 0 radical (unpaired) electrons. The molecule has 0 unspecified atom stereocenters. The fraction of sp³-hybridized carbons (Fsp3) is 0.417. The summed E-state index contributed by atoms with van der Waals surface area (Å²) in [5.41, 5.74) is 0.469. The van der Waals surface area contributed by atoms with Crippen molar-refractivity contribution < 1.29 is 52.2 Å². The van der Waals surface area contributed by atoms with Crippen LogP contribution in [0.15, 0.2) is 29.4 Å². The van der Waals surface area contributed by atoms with Crippen LogP contribution in [-0.2, 0) is 14.4 Å². The Balaban J connectivity index is 3.19. The summed E-state index contributed by atoms with van der Waals surface area (Å²) in [5, 5.41) is -4.50. The molecule has 0 spiro atoms. The van der Waals surface area contributed by atoms with Crippen molar-refractivity contribution in [2.45, 2.75) is 30.2 Å². The number of alkyl halides is 9. The van der Waals surface area contributed by atoms with Gasteiger partial charge in [0.1, 0.15) is 0 Å². The van der Waals surface area contributed by atoms with Gasteiger partial charge in [-0.2, -0.15) is 47.9 Å². The molecular weight excluding hydrogens is 409 g/mol. The molecule has 0 aromatic heterocycles. The van der Waals surface area contributed by atoms with Crippen LogP contribution in [-0.4, -0.2) is 37.9 Å². The van der Waals surface area contributed by atoms with Gasteiger partial charge in [-0.1, -0.05) is 29.4 Å². The predicted octanol–water partition coefficient (Wildman–Crippen LogP) is 4.10. The second kappa shape index (κ2) is 6.63. The first-order valence-electron chi connectivity index (χ1n) is 6.21. The number of nitrogens with zero attached hydrogens (tertiary/aromatic N) is 1. The van der Waals surface area contributed by atoms with Crippen LogP contribution >= 0.6 is 0 Å². The fourth-order valence-electron chi connectivity index (χ4n) is 1.43. The number of rotatable bonds is 6. The molecule has 0 heterocycles. The van der Waals surface area contributed by atoms with Gasteiger partial charge in [0.05, 0.1) is 6.21 Å². The van der Waals surface area contributed by atoms with E-state index in [1.807, 2.05) is 0 Å². The van der Waals surface area contributed by atoms with E-state index in [0.717, 1.165) is 0 Å². The van der Waals surface area contributed by atoms with Crippen LogP contribution in [0.2, 0.25) is 0 Å². The highest BCUT2D eigenvalue weighted by Crippen LogP contribution is 2.54. The zero-order valence-electron chi connectivity index (χ0n) is 12.4. The molecule has 1 aromatic rings. The maximum absolute atomic E-state index is 13.3. The number of benzene rings is 1. The SMILES string of the molecule is Cc1ccccc1C=NOS(=O)(=O)C(F)(F)C(F)(F)C(F)(F)C(F)(F)F. The smallest absolute Gasteiger partial charge is 0.264 e. The molecule has 0 amide bonds. The van der Waals surface area contributed by atoms with E-state index in [1.54, 1.807) is 0 Å². The van der Waals surface area contributed by atoms with Crippen LogP contribution in [0.1, 0.15) is 11.1 Å². The topological polar surface area (TPSA) is 55.7 Å². The van der Waals surface area contributed by atoms with Gasteiger partial charge in [-0.15, -0.1) is 0 Å². The molecule has 1 rings (SSSR count). The minimum atomic E-state index is -7.37. The van der Waals surface area contributed by atoms with Crippen molar-refractivity contribution in [1.29, 1.82) is 0 Å². The summed E-state index contributed by atoms with van der Waals surface area (Å²) in [4.78, 5) is 0. The summed E-state index contributed by atoms with van der Waals surface area (Å²) in [6, 6.07) is 5.61. The molecule has 14 heteroatoms. The number of halogens is 9. The van der Waals surface area contributed by atoms with E-state index < -0.39 is 33.4 Å². The molecule has 0 aliphatic carbocycles. The van der Waals surface area contributed by atoms with E-state index in [9.17, 15) is 47.9 Å². The normalized spacial score (nSPS) is 14.7. The van der Waals surface area contributed by atoms with Crippen molar-refractivity contribution in [2.75, 3.05) is 0 Å². The molecule has 0 aliphatic heterocycles. The Morgan fingerprint density at radius 2 is 1.42 bits per heavy atom. The molecule has 0 bridgehead atoms. The quantitative estimate of drug-likeness (QED) is 0.398. The van der Waals surface area contributed by atoms with Gasteiger partial charge in [0.15, 0.2) is 0 Å². The van der Waals surface area contributed by atoms with Gasteiger partial charge >= 0.3 is 33.4 Å². The fourth-order valence-corrected chi connectivity index (χ4v) is 2.12. The third-order valence-corrected chi connectivity index (χ3v) is 4.12. The summed E-state index contributed by atoms with van der Waals surface area (Å²) in [6.07, 6.45) is -6.69. The van der Waals surface area contributed by atoms with Crippen molar-refractivity contribution in [1.82, 2.24) is 0 Å².